The van der Waals surface area contributed by atoms with E-state index in [1.165, 1.54) is 12.8 Å². The molecule has 21 heavy (non-hydrogen) atoms. The number of carbonyl (C=O) groups is 1. The summed E-state index contributed by atoms with van der Waals surface area (Å²) in [6.07, 6.45) is 5.59. The molecule has 2 rings (SSSR count). The van der Waals surface area contributed by atoms with Crippen LogP contribution in [0, 0.1) is 11.8 Å². The molecule has 2 heterocycles. The number of aromatic nitrogens is 2. The van der Waals surface area contributed by atoms with Gasteiger partial charge in [-0.25, -0.2) is 0 Å². The molecule has 1 aliphatic rings. The maximum absolute atomic E-state index is 12.7. The molecule has 1 aromatic heterocycles. The lowest BCUT2D eigenvalue weighted by molar-refractivity contribution is 0.0929. The van der Waals surface area contributed by atoms with Gasteiger partial charge in [-0.2, -0.15) is 5.10 Å². The Morgan fingerprint density at radius 2 is 2.43 bits per heavy atom. The Kier molecular flexibility index (Phi) is 5.79. The lowest BCUT2D eigenvalue weighted by Gasteiger charge is -2.28. The minimum absolute atomic E-state index is 0.149. The molecule has 1 fully saturated rings. The molecule has 0 bridgehead atoms. The van der Waals surface area contributed by atoms with Crippen LogP contribution in [0.5, 0.6) is 5.75 Å². The van der Waals surface area contributed by atoms with E-state index in [-0.39, 0.29) is 5.78 Å². The minimum atomic E-state index is 0.149. The molecule has 1 aliphatic heterocycles. The largest absolute Gasteiger partial charge is 0.493 e. The zero-order valence-corrected chi connectivity index (χ0v) is 13.4. The first-order chi connectivity index (χ1) is 10.2. The fraction of sp³-hybridized carbons (Fsp3) is 0.750. The van der Waals surface area contributed by atoms with Gasteiger partial charge in [-0.05, 0) is 44.2 Å². The maximum atomic E-state index is 12.7. The molecule has 118 valence electrons. The lowest BCUT2D eigenvalue weighted by atomic mass is 9.84. The second-order valence-corrected chi connectivity index (χ2v) is 6.00. The molecular weight excluding hydrogens is 266 g/mol. The van der Waals surface area contributed by atoms with Gasteiger partial charge in [0.05, 0.1) is 13.3 Å². The fourth-order valence-electron chi connectivity index (χ4n) is 3.10. The Hall–Kier alpha value is -1.36. The zero-order chi connectivity index (χ0) is 15.2. The van der Waals surface area contributed by atoms with Crippen molar-refractivity contribution >= 4 is 5.78 Å². The van der Waals surface area contributed by atoms with Crippen LogP contribution in [0.15, 0.2) is 6.20 Å². The van der Waals surface area contributed by atoms with Crippen LogP contribution in [-0.4, -0.2) is 35.8 Å². The monoisotopic (exact) mass is 293 g/mol. The first kappa shape index (κ1) is 16.0. The van der Waals surface area contributed by atoms with E-state index in [2.05, 4.69) is 24.3 Å². The highest BCUT2D eigenvalue weighted by atomic mass is 16.5. The molecule has 1 saturated heterocycles. The number of methoxy groups -OCH3 is 1. The van der Waals surface area contributed by atoms with E-state index in [9.17, 15) is 4.79 Å². The second-order valence-electron chi connectivity index (χ2n) is 6.00. The number of ketones is 1. The third kappa shape index (κ3) is 3.84. The summed E-state index contributed by atoms with van der Waals surface area (Å²) in [5.74, 6) is 1.73. The van der Waals surface area contributed by atoms with E-state index in [0.29, 0.717) is 29.7 Å². The van der Waals surface area contributed by atoms with Gasteiger partial charge in [0.2, 0.25) is 0 Å². The van der Waals surface area contributed by atoms with Gasteiger partial charge in [-0.3, -0.25) is 9.48 Å². The second kappa shape index (κ2) is 7.59. The number of aryl methyl sites for hydroxylation is 1. The normalized spacial score (nSPS) is 20.2. The Labute approximate surface area is 127 Å². The van der Waals surface area contributed by atoms with Crippen molar-refractivity contribution in [3.05, 3.63) is 11.9 Å². The topological polar surface area (TPSA) is 56.2 Å². The van der Waals surface area contributed by atoms with Crippen molar-refractivity contribution in [3.8, 4) is 5.75 Å². The average Bonchev–Trinajstić information content (AvgIpc) is 2.91. The molecule has 1 N–H and O–H groups in total. The first-order valence-electron chi connectivity index (χ1n) is 8.01. The summed E-state index contributed by atoms with van der Waals surface area (Å²) in [5.41, 5.74) is 0.634. The van der Waals surface area contributed by atoms with Crippen LogP contribution in [0.1, 0.15) is 50.0 Å². The number of Topliss-reactive ketones (excluding diaryl/α,β-unsaturated/α-hetero) is 1. The predicted molar refractivity (Wildman–Crippen MR) is 82.8 cm³/mol. The van der Waals surface area contributed by atoms with Crippen LogP contribution in [0.2, 0.25) is 0 Å². The molecule has 0 aromatic carbocycles. The molecule has 0 radical (unpaired) electrons. The van der Waals surface area contributed by atoms with Gasteiger partial charge in [-0.15, -0.1) is 0 Å². The third-order valence-corrected chi connectivity index (χ3v) is 4.37. The number of rotatable bonds is 7. The van der Waals surface area contributed by atoms with Gasteiger partial charge in [0.25, 0.3) is 0 Å². The molecule has 0 saturated carbocycles. The Morgan fingerprint density at radius 1 is 1.62 bits per heavy atom. The van der Waals surface area contributed by atoms with Crippen LogP contribution < -0.4 is 10.1 Å². The van der Waals surface area contributed by atoms with Gasteiger partial charge in [0.1, 0.15) is 5.69 Å². The summed E-state index contributed by atoms with van der Waals surface area (Å²) >= 11 is 0. The standard InChI is InChI=1S/C16H27N3O2/c1-4-8-19-16(15(21-3)11-18-19)14(20)9-12(2)13-6-5-7-17-10-13/h11-13,17H,4-10H2,1-3H3. The summed E-state index contributed by atoms with van der Waals surface area (Å²) in [4.78, 5) is 12.7. The summed E-state index contributed by atoms with van der Waals surface area (Å²) < 4.78 is 7.09. The average molecular weight is 293 g/mol. The highest BCUT2D eigenvalue weighted by Gasteiger charge is 2.26. The van der Waals surface area contributed by atoms with Gasteiger partial charge in [0, 0.05) is 13.0 Å². The Morgan fingerprint density at radius 3 is 3.05 bits per heavy atom. The SMILES string of the molecule is CCCn1ncc(OC)c1C(=O)CC(C)C1CCCNC1. The quantitative estimate of drug-likeness (QED) is 0.785. The van der Waals surface area contributed by atoms with Gasteiger partial charge in [-0.1, -0.05) is 13.8 Å². The molecule has 2 atom stereocenters. The predicted octanol–water partition coefficient (Wildman–Crippen LogP) is 2.51. The number of hydrogen-bond donors (Lipinski definition) is 1. The summed E-state index contributed by atoms with van der Waals surface area (Å²) in [7, 11) is 1.60. The third-order valence-electron chi connectivity index (χ3n) is 4.37. The number of nitrogens with zero attached hydrogens (tertiary/aromatic N) is 2. The number of ether oxygens (including phenoxy) is 1. The van der Waals surface area contributed by atoms with Crippen molar-refractivity contribution in [2.24, 2.45) is 11.8 Å². The van der Waals surface area contributed by atoms with Crippen molar-refractivity contribution in [2.75, 3.05) is 20.2 Å². The van der Waals surface area contributed by atoms with Crippen LogP contribution in [0.25, 0.3) is 0 Å². The number of piperidine rings is 1. The van der Waals surface area contributed by atoms with Crippen molar-refractivity contribution in [2.45, 2.75) is 46.1 Å². The molecule has 5 heteroatoms. The van der Waals surface area contributed by atoms with Crippen LogP contribution in [0.4, 0.5) is 0 Å². The lowest BCUT2D eigenvalue weighted by Crippen LogP contribution is -2.34. The van der Waals surface area contributed by atoms with Crippen LogP contribution >= 0.6 is 0 Å². The van der Waals surface area contributed by atoms with E-state index >= 15 is 0 Å². The minimum Gasteiger partial charge on any atom is -0.493 e. The Balaban J connectivity index is 2.06. The van der Waals surface area contributed by atoms with Crippen molar-refractivity contribution < 1.29 is 9.53 Å². The van der Waals surface area contributed by atoms with Gasteiger partial charge >= 0.3 is 0 Å². The highest BCUT2D eigenvalue weighted by Crippen LogP contribution is 2.27. The number of nitrogens with one attached hydrogen (secondary N) is 1. The van der Waals surface area contributed by atoms with Crippen molar-refractivity contribution in [1.29, 1.82) is 0 Å². The molecular formula is C16H27N3O2. The van der Waals surface area contributed by atoms with Gasteiger partial charge in [0.15, 0.2) is 11.5 Å². The van der Waals surface area contributed by atoms with E-state index in [0.717, 1.165) is 26.1 Å². The van der Waals surface area contributed by atoms with Crippen LogP contribution in [0.3, 0.4) is 0 Å². The van der Waals surface area contributed by atoms with E-state index in [1.807, 2.05) is 0 Å². The van der Waals surface area contributed by atoms with E-state index < -0.39 is 0 Å². The molecule has 2 unspecified atom stereocenters. The molecule has 1 aromatic rings. The zero-order valence-electron chi connectivity index (χ0n) is 13.4. The first-order valence-corrected chi connectivity index (χ1v) is 8.01. The smallest absolute Gasteiger partial charge is 0.184 e. The van der Waals surface area contributed by atoms with Gasteiger partial charge < -0.3 is 10.1 Å². The molecule has 0 amide bonds. The van der Waals surface area contributed by atoms with Crippen LogP contribution in [-0.2, 0) is 6.54 Å². The summed E-state index contributed by atoms with van der Waals surface area (Å²) in [5, 5.41) is 7.70. The highest BCUT2D eigenvalue weighted by molar-refractivity contribution is 5.97. The number of hydrogen-bond acceptors (Lipinski definition) is 4. The van der Waals surface area contributed by atoms with E-state index in [1.54, 1.807) is 18.0 Å². The Bertz CT molecular complexity index is 464. The fourth-order valence-corrected chi connectivity index (χ4v) is 3.10. The summed E-state index contributed by atoms with van der Waals surface area (Å²) in [6.45, 7) is 7.15. The molecule has 5 nitrogen and oxygen atoms in total. The molecule has 0 spiro atoms. The summed E-state index contributed by atoms with van der Waals surface area (Å²) in [6, 6.07) is 0. The molecule has 0 aliphatic carbocycles. The van der Waals surface area contributed by atoms with E-state index in [4.69, 9.17) is 4.74 Å². The van der Waals surface area contributed by atoms with Crippen molar-refractivity contribution in [3.63, 3.8) is 0 Å². The number of carbonyl (C=O) groups excluding carboxylic acids is 1. The maximum Gasteiger partial charge on any atom is 0.184 e. The van der Waals surface area contributed by atoms with Crippen molar-refractivity contribution in [1.82, 2.24) is 15.1 Å².